The van der Waals surface area contributed by atoms with Crippen LogP contribution in [0.15, 0.2) is 12.2 Å². The van der Waals surface area contributed by atoms with Crippen molar-refractivity contribution < 1.29 is 19.4 Å². The molecular weight excluding hydrogens is 186 g/mol. The smallest absolute Gasteiger partial charge is 0.253 e. The SMILES string of the molecule is COCC(O)CCN1C(=O)C=CC1=O. The molecule has 0 aliphatic carbocycles. The number of hydrogen-bond donors (Lipinski definition) is 1. The van der Waals surface area contributed by atoms with Crippen molar-refractivity contribution in [3.63, 3.8) is 0 Å². The van der Waals surface area contributed by atoms with Crippen LogP contribution >= 0.6 is 0 Å². The second-order valence-corrected chi connectivity index (χ2v) is 3.06. The highest BCUT2D eigenvalue weighted by Crippen LogP contribution is 2.05. The van der Waals surface area contributed by atoms with Gasteiger partial charge in [-0.05, 0) is 6.42 Å². The fourth-order valence-electron chi connectivity index (χ4n) is 1.21. The van der Waals surface area contributed by atoms with Crippen molar-refractivity contribution in [1.82, 2.24) is 4.90 Å². The number of aliphatic hydroxyl groups excluding tert-OH is 1. The lowest BCUT2D eigenvalue weighted by Crippen LogP contribution is -2.33. The maximum atomic E-state index is 11.1. The molecule has 1 atom stereocenters. The van der Waals surface area contributed by atoms with Crippen LogP contribution in [0.25, 0.3) is 0 Å². The molecule has 0 aromatic carbocycles. The number of hydrogen-bond acceptors (Lipinski definition) is 4. The average Bonchev–Trinajstić information content (AvgIpc) is 2.44. The van der Waals surface area contributed by atoms with Crippen LogP contribution in [0.3, 0.4) is 0 Å². The van der Waals surface area contributed by atoms with Gasteiger partial charge in [-0.1, -0.05) is 0 Å². The van der Waals surface area contributed by atoms with E-state index < -0.39 is 6.10 Å². The summed E-state index contributed by atoms with van der Waals surface area (Å²) >= 11 is 0. The van der Waals surface area contributed by atoms with Gasteiger partial charge in [-0.25, -0.2) is 0 Å². The second-order valence-electron chi connectivity index (χ2n) is 3.06. The minimum absolute atomic E-state index is 0.212. The van der Waals surface area contributed by atoms with Crippen molar-refractivity contribution in [1.29, 1.82) is 0 Å². The molecule has 78 valence electrons. The normalized spacial score (nSPS) is 18.0. The Kier molecular flexibility index (Phi) is 3.79. The molecule has 0 aromatic rings. The lowest BCUT2D eigenvalue weighted by molar-refractivity contribution is -0.137. The van der Waals surface area contributed by atoms with Crippen molar-refractivity contribution >= 4 is 11.8 Å². The van der Waals surface area contributed by atoms with Crippen LogP contribution in [0.2, 0.25) is 0 Å². The van der Waals surface area contributed by atoms with Gasteiger partial charge < -0.3 is 9.84 Å². The molecule has 14 heavy (non-hydrogen) atoms. The minimum Gasteiger partial charge on any atom is -0.391 e. The molecule has 1 N–H and O–H groups in total. The molecule has 1 unspecified atom stereocenters. The quantitative estimate of drug-likeness (QED) is 0.595. The highest BCUT2D eigenvalue weighted by molar-refractivity contribution is 6.12. The van der Waals surface area contributed by atoms with Crippen LogP contribution < -0.4 is 0 Å². The zero-order valence-corrected chi connectivity index (χ0v) is 7.97. The first kappa shape index (κ1) is 10.9. The standard InChI is InChI=1S/C9H13NO4/c1-14-6-7(11)4-5-10-8(12)2-3-9(10)13/h2-3,7,11H,4-6H2,1H3. The summed E-state index contributed by atoms with van der Waals surface area (Å²) in [6.45, 7) is 0.443. The molecule has 0 saturated carbocycles. The van der Waals surface area contributed by atoms with Crippen LogP contribution in [0, 0.1) is 0 Å². The predicted molar refractivity (Wildman–Crippen MR) is 48.4 cm³/mol. The van der Waals surface area contributed by atoms with Crippen LogP contribution in [0.1, 0.15) is 6.42 Å². The summed E-state index contributed by atoms with van der Waals surface area (Å²) in [5, 5.41) is 9.29. The van der Waals surface area contributed by atoms with Crippen LogP contribution in [-0.4, -0.2) is 48.2 Å². The molecule has 1 heterocycles. The van der Waals surface area contributed by atoms with Crippen LogP contribution in [0.4, 0.5) is 0 Å². The van der Waals surface area contributed by atoms with Gasteiger partial charge in [0.05, 0.1) is 12.7 Å². The third kappa shape index (κ3) is 2.65. The van der Waals surface area contributed by atoms with Gasteiger partial charge in [-0.3, -0.25) is 14.5 Å². The van der Waals surface area contributed by atoms with Gasteiger partial charge in [0.15, 0.2) is 0 Å². The van der Waals surface area contributed by atoms with E-state index in [-0.39, 0.29) is 25.0 Å². The topological polar surface area (TPSA) is 66.8 Å². The van der Waals surface area contributed by atoms with Gasteiger partial charge in [0, 0.05) is 25.8 Å². The second kappa shape index (κ2) is 4.88. The Morgan fingerprint density at radius 3 is 2.50 bits per heavy atom. The number of rotatable bonds is 5. The molecule has 1 rings (SSSR count). The molecule has 2 amide bonds. The number of carbonyl (C=O) groups is 2. The molecular formula is C9H13NO4. The monoisotopic (exact) mass is 199 g/mol. The van der Waals surface area contributed by atoms with Crippen molar-refractivity contribution in [3.8, 4) is 0 Å². The number of imide groups is 1. The van der Waals surface area contributed by atoms with Crippen molar-refractivity contribution in [2.45, 2.75) is 12.5 Å². The molecule has 0 radical (unpaired) electrons. The van der Waals surface area contributed by atoms with Gasteiger partial charge >= 0.3 is 0 Å². The number of carbonyl (C=O) groups excluding carboxylic acids is 2. The van der Waals surface area contributed by atoms with Gasteiger partial charge in [0.25, 0.3) is 11.8 Å². The molecule has 0 fully saturated rings. The maximum absolute atomic E-state index is 11.1. The van der Waals surface area contributed by atoms with Crippen molar-refractivity contribution in [2.75, 3.05) is 20.3 Å². The Hall–Kier alpha value is -1.20. The summed E-state index contributed by atoms with van der Waals surface area (Å²) in [6.07, 6.45) is 2.16. The van der Waals surface area contributed by atoms with E-state index in [4.69, 9.17) is 4.74 Å². The van der Waals surface area contributed by atoms with E-state index in [0.717, 1.165) is 4.90 Å². The molecule has 0 spiro atoms. The number of aliphatic hydroxyl groups is 1. The van der Waals surface area contributed by atoms with Gasteiger partial charge in [0.2, 0.25) is 0 Å². The van der Waals surface area contributed by atoms with E-state index in [1.54, 1.807) is 0 Å². The van der Waals surface area contributed by atoms with Crippen molar-refractivity contribution in [3.05, 3.63) is 12.2 Å². The summed E-state index contributed by atoms with van der Waals surface area (Å²) in [7, 11) is 1.48. The Labute approximate surface area is 82.0 Å². The van der Waals surface area contributed by atoms with E-state index in [9.17, 15) is 14.7 Å². The van der Waals surface area contributed by atoms with E-state index in [1.807, 2.05) is 0 Å². The maximum Gasteiger partial charge on any atom is 0.253 e. The predicted octanol–water partition coefficient (Wildman–Crippen LogP) is -0.691. The third-order valence-electron chi connectivity index (χ3n) is 1.95. The third-order valence-corrected chi connectivity index (χ3v) is 1.95. The zero-order valence-electron chi connectivity index (χ0n) is 7.97. The fourth-order valence-corrected chi connectivity index (χ4v) is 1.21. The van der Waals surface area contributed by atoms with Crippen LogP contribution in [0.5, 0.6) is 0 Å². The Morgan fingerprint density at radius 1 is 1.43 bits per heavy atom. The summed E-state index contributed by atoms with van der Waals surface area (Å²) in [4.78, 5) is 23.2. The Balaban J connectivity index is 2.31. The van der Waals surface area contributed by atoms with Crippen LogP contribution in [-0.2, 0) is 14.3 Å². The van der Waals surface area contributed by atoms with E-state index >= 15 is 0 Å². The summed E-state index contributed by atoms with van der Waals surface area (Å²) in [5.74, 6) is -0.640. The lowest BCUT2D eigenvalue weighted by atomic mass is 10.2. The highest BCUT2D eigenvalue weighted by Gasteiger charge is 2.23. The Morgan fingerprint density at radius 2 is 2.00 bits per heavy atom. The number of ether oxygens (including phenoxy) is 1. The van der Waals surface area contributed by atoms with Crippen molar-refractivity contribution in [2.24, 2.45) is 0 Å². The fraction of sp³-hybridized carbons (Fsp3) is 0.556. The molecule has 0 bridgehead atoms. The highest BCUT2D eigenvalue weighted by atomic mass is 16.5. The molecule has 5 nitrogen and oxygen atoms in total. The largest absolute Gasteiger partial charge is 0.391 e. The molecule has 0 aromatic heterocycles. The first-order chi connectivity index (χ1) is 6.65. The number of methoxy groups -OCH3 is 1. The average molecular weight is 199 g/mol. The first-order valence-electron chi connectivity index (χ1n) is 4.35. The van der Waals surface area contributed by atoms with Gasteiger partial charge in [-0.15, -0.1) is 0 Å². The zero-order chi connectivity index (χ0) is 10.6. The molecule has 0 saturated heterocycles. The summed E-state index contributed by atoms with van der Waals surface area (Å²) < 4.78 is 4.72. The summed E-state index contributed by atoms with van der Waals surface area (Å²) in [6, 6.07) is 0. The van der Waals surface area contributed by atoms with Gasteiger partial charge in [0.1, 0.15) is 0 Å². The lowest BCUT2D eigenvalue weighted by Gasteiger charge is -2.15. The summed E-state index contributed by atoms with van der Waals surface area (Å²) in [5.41, 5.74) is 0. The number of amides is 2. The van der Waals surface area contributed by atoms with E-state index in [2.05, 4.69) is 0 Å². The minimum atomic E-state index is -0.638. The molecule has 1 aliphatic rings. The molecule has 5 heteroatoms. The van der Waals surface area contributed by atoms with E-state index in [1.165, 1.54) is 19.3 Å². The van der Waals surface area contributed by atoms with E-state index in [0.29, 0.717) is 6.42 Å². The Bertz CT molecular complexity index is 244. The van der Waals surface area contributed by atoms with Gasteiger partial charge in [-0.2, -0.15) is 0 Å². The first-order valence-corrected chi connectivity index (χ1v) is 4.35. The number of nitrogens with zero attached hydrogens (tertiary/aromatic N) is 1. The molecule has 1 aliphatic heterocycles.